The van der Waals surface area contributed by atoms with Crippen molar-refractivity contribution in [3.05, 3.63) is 124 Å². The summed E-state index contributed by atoms with van der Waals surface area (Å²) in [5.74, 6) is 0.267. The highest BCUT2D eigenvalue weighted by molar-refractivity contribution is 5.94. The van der Waals surface area contributed by atoms with Gasteiger partial charge in [0.2, 0.25) is 0 Å². The zero-order valence-corrected chi connectivity index (χ0v) is 20.2. The Morgan fingerprint density at radius 3 is 2.69 bits per heavy atom. The second-order valence-corrected chi connectivity index (χ2v) is 9.58. The van der Waals surface area contributed by atoms with E-state index in [0.29, 0.717) is 5.56 Å². The lowest BCUT2D eigenvalue weighted by Gasteiger charge is -2.22. The topological polar surface area (TPSA) is 52.5 Å². The fourth-order valence-corrected chi connectivity index (χ4v) is 5.75. The Labute approximate surface area is 211 Å². The fourth-order valence-electron chi connectivity index (χ4n) is 5.75. The summed E-state index contributed by atoms with van der Waals surface area (Å²) in [6.07, 6.45) is 13.9. The highest BCUT2D eigenvalue weighted by Gasteiger charge is 2.22. The van der Waals surface area contributed by atoms with Crippen LogP contribution < -0.4 is 0 Å². The number of nitrogens with zero attached hydrogens (tertiary/aromatic N) is 3. The Morgan fingerprint density at radius 2 is 1.86 bits per heavy atom. The first-order chi connectivity index (χ1) is 17.7. The van der Waals surface area contributed by atoms with Crippen molar-refractivity contribution < 1.29 is 0 Å². The van der Waals surface area contributed by atoms with Crippen molar-refractivity contribution in [1.29, 1.82) is 10.5 Å². The molecular formula is C33H25N3. The standard InChI is InChI=1S/C33H25N3/c1-22-17-23(20-34)15-16-29(22)26-9-4-7-24(18-26)25-8-5-11-28(19-25)36-31-13-3-2-12-30(31)33-27(21-35)10-6-14-32(33)36/h3-11,13-17,19,24H,2,12,18H2,1H3. The Kier molecular flexibility index (Phi) is 5.40. The molecule has 0 radical (unpaired) electrons. The number of nitriles is 2. The van der Waals surface area contributed by atoms with Gasteiger partial charge in [0.1, 0.15) is 0 Å². The third kappa shape index (κ3) is 3.58. The molecule has 3 nitrogen and oxygen atoms in total. The van der Waals surface area contributed by atoms with Crippen molar-refractivity contribution in [1.82, 2.24) is 4.57 Å². The van der Waals surface area contributed by atoms with Gasteiger partial charge in [-0.2, -0.15) is 10.5 Å². The summed E-state index contributed by atoms with van der Waals surface area (Å²) in [5, 5.41) is 20.1. The van der Waals surface area contributed by atoms with Crippen LogP contribution >= 0.6 is 0 Å². The van der Waals surface area contributed by atoms with Gasteiger partial charge in [-0.3, -0.25) is 0 Å². The zero-order valence-electron chi connectivity index (χ0n) is 20.2. The lowest BCUT2D eigenvalue weighted by molar-refractivity contribution is 0.863. The van der Waals surface area contributed by atoms with Gasteiger partial charge in [0.25, 0.3) is 0 Å². The van der Waals surface area contributed by atoms with Crippen molar-refractivity contribution in [2.75, 3.05) is 0 Å². The van der Waals surface area contributed by atoms with Gasteiger partial charge in [0, 0.05) is 22.7 Å². The Hall–Kier alpha value is -4.60. The minimum absolute atomic E-state index is 0.267. The second kappa shape index (κ2) is 8.88. The molecule has 0 saturated heterocycles. The number of fused-ring (bicyclic) bond motifs is 3. The van der Waals surface area contributed by atoms with E-state index in [0.717, 1.165) is 47.0 Å². The lowest BCUT2D eigenvalue weighted by atomic mass is 9.84. The summed E-state index contributed by atoms with van der Waals surface area (Å²) in [6, 6.07) is 25.4. The predicted molar refractivity (Wildman–Crippen MR) is 146 cm³/mol. The van der Waals surface area contributed by atoms with Crippen LogP contribution in [0.15, 0.2) is 85.0 Å². The molecule has 2 aliphatic rings. The van der Waals surface area contributed by atoms with Crippen molar-refractivity contribution in [2.24, 2.45) is 0 Å². The van der Waals surface area contributed by atoms with Crippen LogP contribution in [0, 0.1) is 29.6 Å². The van der Waals surface area contributed by atoms with Crippen LogP contribution in [-0.2, 0) is 6.42 Å². The molecule has 1 aromatic heterocycles. The first-order valence-electron chi connectivity index (χ1n) is 12.4. The maximum atomic E-state index is 9.79. The molecule has 0 saturated carbocycles. The number of aromatic nitrogens is 1. The van der Waals surface area contributed by atoms with Crippen molar-refractivity contribution >= 4 is 22.6 Å². The first-order valence-corrected chi connectivity index (χ1v) is 12.4. The molecule has 1 unspecified atom stereocenters. The monoisotopic (exact) mass is 463 g/mol. The van der Waals surface area contributed by atoms with Gasteiger partial charge in [0.15, 0.2) is 0 Å². The molecule has 1 atom stereocenters. The number of hydrogen-bond donors (Lipinski definition) is 0. The molecule has 0 aliphatic heterocycles. The van der Waals surface area contributed by atoms with Gasteiger partial charge in [-0.25, -0.2) is 0 Å². The molecule has 172 valence electrons. The quantitative estimate of drug-likeness (QED) is 0.312. The van der Waals surface area contributed by atoms with E-state index in [1.165, 1.54) is 28.0 Å². The van der Waals surface area contributed by atoms with Crippen LogP contribution in [0.4, 0.5) is 0 Å². The van der Waals surface area contributed by atoms with Crippen LogP contribution in [-0.4, -0.2) is 4.57 Å². The van der Waals surface area contributed by atoms with Crippen LogP contribution in [0.3, 0.4) is 0 Å². The van der Waals surface area contributed by atoms with Crippen LogP contribution in [0.25, 0.3) is 28.2 Å². The SMILES string of the molecule is Cc1cc(C#N)ccc1C1=CC=CC(c2cccc(-n3c4c(c5c(C#N)cccc53)CCC=C4)c2)C1. The summed E-state index contributed by atoms with van der Waals surface area (Å²) in [6.45, 7) is 2.08. The molecule has 0 spiro atoms. The molecule has 0 fully saturated rings. The average molecular weight is 464 g/mol. The second-order valence-electron chi connectivity index (χ2n) is 9.58. The van der Waals surface area contributed by atoms with E-state index in [9.17, 15) is 10.5 Å². The lowest BCUT2D eigenvalue weighted by Crippen LogP contribution is -2.04. The molecular weight excluding hydrogens is 438 g/mol. The van der Waals surface area contributed by atoms with Gasteiger partial charge in [0.05, 0.1) is 28.8 Å². The van der Waals surface area contributed by atoms with Gasteiger partial charge in [-0.05, 0) is 96.5 Å². The normalized spacial score (nSPS) is 16.3. The summed E-state index contributed by atoms with van der Waals surface area (Å²) >= 11 is 0. The van der Waals surface area contributed by atoms with E-state index < -0.39 is 0 Å². The van der Waals surface area contributed by atoms with Gasteiger partial charge in [-0.15, -0.1) is 0 Å². The maximum absolute atomic E-state index is 9.79. The van der Waals surface area contributed by atoms with E-state index >= 15 is 0 Å². The van der Waals surface area contributed by atoms with Crippen molar-refractivity contribution in [2.45, 2.75) is 32.1 Å². The number of aryl methyl sites for hydroxylation is 2. The molecule has 3 aromatic carbocycles. The van der Waals surface area contributed by atoms with E-state index in [2.05, 4.69) is 90.4 Å². The number of allylic oxidation sites excluding steroid dienone is 5. The maximum Gasteiger partial charge on any atom is 0.0998 e. The zero-order chi connectivity index (χ0) is 24.6. The molecule has 0 N–H and O–H groups in total. The van der Waals surface area contributed by atoms with Gasteiger partial charge in [-0.1, -0.05) is 48.6 Å². The molecule has 1 heterocycles. The van der Waals surface area contributed by atoms with Crippen LogP contribution in [0.2, 0.25) is 0 Å². The number of benzene rings is 3. The van der Waals surface area contributed by atoms with E-state index in [4.69, 9.17) is 0 Å². The Balaban J connectivity index is 1.41. The highest BCUT2D eigenvalue weighted by Crippen LogP contribution is 2.38. The molecule has 4 aromatic rings. The Bertz CT molecular complexity index is 1700. The van der Waals surface area contributed by atoms with Gasteiger partial charge < -0.3 is 4.57 Å². The van der Waals surface area contributed by atoms with Crippen molar-refractivity contribution in [3.63, 3.8) is 0 Å². The average Bonchev–Trinajstić information content (AvgIpc) is 3.28. The first kappa shape index (κ1) is 21.9. The summed E-state index contributed by atoms with van der Waals surface area (Å²) in [4.78, 5) is 0. The minimum Gasteiger partial charge on any atom is -0.310 e. The third-order valence-corrected chi connectivity index (χ3v) is 7.43. The van der Waals surface area contributed by atoms with Crippen molar-refractivity contribution in [3.8, 4) is 17.8 Å². The largest absolute Gasteiger partial charge is 0.310 e. The molecule has 6 rings (SSSR count). The Morgan fingerprint density at radius 1 is 0.972 bits per heavy atom. The van der Waals surface area contributed by atoms with Crippen LogP contribution in [0.5, 0.6) is 0 Å². The van der Waals surface area contributed by atoms with Gasteiger partial charge >= 0.3 is 0 Å². The summed E-state index contributed by atoms with van der Waals surface area (Å²) < 4.78 is 2.32. The summed E-state index contributed by atoms with van der Waals surface area (Å²) in [5.41, 5.74) is 11.0. The minimum atomic E-state index is 0.267. The third-order valence-electron chi connectivity index (χ3n) is 7.43. The number of hydrogen-bond acceptors (Lipinski definition) is 2. The summed E-state index contributed by atoms with van der Waals surface area (Å²) in [7, 11) is 0. The van der Waals surface area contributed by atoms with E-state index in [1.807, 2.05) is 24.3 Å². The number of rotatable bonds is 3. The highest BCUT2D eigenvalue weighted by atomic mass is 15.0. The molecule has 0 bridgehead atoms. The molecule has 3 heteroatoms. The van der Waals surface area contributed by atoms with Crippen LogP contribution in [0.1, 0.15) is 57.8 Å². The fraction of sp³-hybridized carbons (Fsp3) is 0.152. The van der Waals surface area contributed by atoms with E-state index in [-0.39, 0.29) is 5.92 Å². The molecule has 2 aliphatic carbocycles. The molecule has 36 heavy (non-hydrogen) atoms. The predicted octanol–water partition coefficient (Wildman–Crippen LogP) is 7.77. The van der Waals surface area contributed by atoms with E-state index in [1.54, 1.807) is 0 Å². The smallest absolute Gasteiger partial charge is 0.0998 e. The molecule has 0 amide bonds.